The Morgan fingerprint density at radius 2 is 2.00 bits per heavy atom. The van der Waals surface area contributed by atoms with Gasteiger partial charge in [0.15, 0.2) is 0 Å². The molecule has 0 spiro atoms. The van der Waals surface area contributed by atoms with Gasteiger partial charge in [-0.3, -0.25) is 4.79 Å². The van der Waals surface area contributed by atoms with Crippen molar-refractivity contribution in [3.05, 3.63) is 30.1 Å². The van der Waals surface area contributed by atoms with Crippen LogP contribution in [0.2, 0.25) is 0 Å². The van der Waals surface area contributed by atoms with Crippen LogP contribution in [0.25, 0.3) is 0 Å². The predicted octanol–water partition coefficient (Wildman–Crippen LogP) is 2.05. The molecule has 0 heterocycles. The number of halogens is 1. The number of carbonyl (C=O) groups excluding carboxylic acids is 1. The van der Waals surface area contributed by atoms with Crippen LogP contribution in [0.3, 0.4) is 0 Å². The van der Waals surface area contributed by atoms with Gasteiger partial charge in [-0.2, -0.15) is 12.6 Å². The minimum atomic E-state index is -0.481. The summed E-state index contributed by atoms with van der Waals surface area (Å²) in [5.41, 5.74) is 0. The molecule has 1 rings (SSSR count). The number of ether oxygens (including phenoxy) is 1. The van der Waals surface area contributed by atoms with Crippen LogP contribution in [-0.2, 0) is 4.79 Å². The average molecular weight is 200 g/mol. The van der Waals surface area contributed by atoms with Crippen molar-refractivity contribution in [3.63, 3.8) is 0 Å². The summed E-state index contributed by atoms with van der Waals surface area (Å²) in [7, 11) is 0. The molecule has 13 heavy (non-hydrogen) atoms. The number of benzene rings is 1. The molecule has 0 aromatic heterocycles. The van der Waals surface area contributed by atoms with Crippen molar-refractivity contribution in [3.8, 4) is 5.75 Å². The van der Waals surface area contributed by atoms with E-state index in [0.717, 1.165) is 0 Å². The molecule has 0 aliphatic carbocycles. The molecule has 0 saturated heterocycles. The normalized spacial score (nSPS) is 12.2. The summed E-state index contributed by atoms with van der Waals surface area (Å²) in [6.07, 6.45) is 0. The first-order valence-electron chi connectivity index (χ1n) is 3.75. The van der Waals surface area contributed by atoms with Crippen LogP contribution in [-0.4, -0.2) is 11.2 Å². The summed E-state index contributed by atoms with van der Waals surface area (Å²) < 4.78 is 17.3. The molecule has 1 aromatic carbocycles. The molecule has 0 fully saturated rings. The van der Waals surface area contributed by atoms with Gasteiger partial charge in [-0.1, -0.05) is 0 Å². The van der Waals surface area contributed by atoms with Gasteiger partial charge in [-0.25, -0.2) is 4.39 Å². The lowest BCUT2D eigenvalue weighted by molar-refractivity contribution is -0.133. The number of hydrogen-bond donors (Lipinski definition) is 1. The molecule has 0 bridgehead atoms. The maximum absolute atomic E-state index is 12.4. The third kappa shape index (κ3) is 3.06. The molecule has 1 aromatic rings. The SMILES string of the molecule is CC(S)C(=O)Oc1ccc(F)cc1. The van der Waals surface area contributed by atoms with E-state index >= 15 is 0 Å². The highest BCUT2D eigenvalue weighted by Crippen LogP contribution is 2.12. The molecule has 70 valence electrons. The molecular formula is C9H9FO2S. The summed E-state index contributed by atoms with van der Waals surface area (Å²) in [4.78, 5) is 11.0. The van der Waals surface area contributed by atoms with Gasteiger partial charge >= 0.3 is 5.97 Å². The summed E-state index contributed by atoms with van der Waals surface area (Å²) in [5.74, 6) is -0.485. The fourth-order valence-electron chi connectivity index (χ4n) is 0.704. The smallest absolute Gasteiger partial charge is 0.323 e. The van der Waals surface area contributed by atoms with Crippen LogP contribution in [0, 0.1) is 5.82 Å². The Morgan fingerprint density at radius 3 is 2.46 bits per heavy atom. The van der Waals surface area contributed by atoms with Gasteiger partial charge in [-0.05, 0) is 31.2 Å². The first kappa shape index (κ1) is 10.1. The van der Waals surface area contributed by atoms with Gasteiger partial charge in [-0.15, -0.1) is 0 Å². The van der Waals surface area contributed by atoms with E-state index in [4.69, 9.17) is 4.74 Å². The largest absolute Gasteiger partial charge is 0.426 e. The van der Waals surface area contributed by atoms with Gasteiger partial charge in [0.2, 0.25) is 0 Å². The number of carbonyl (C=O) groups is 1. The van der Waals surface area contributed by atoms with Gasteiger partial charge in [0, 0.05) is 0 Å². The Labute approximate surface area is 81.1 Å². The zero-order valence-electron chi connectivity index (χ0n) is 7.03. The highest BCUT2D eigenvalue weighted by Gasteiger charge is 2.09. The minimum absolute atomic E-state index is 0.326. The monoisotopic (exact) mass is 200 g/mol. The van der Waals surface area contributed by atoms with Gasteiger partial charge in [0.1, 0.15) is 11.6 Å². The summed E-state index contributed by atoms with van der Waals surface area (Å²) in [5, 5.41) is -0.481. The van der Waals surface area contributed by atoms with Crippen molar-refractivity contribution in [1.29, 1.82) is 0 Å². The van der Waals surface area contributed by atoms with Crippen molar-refractivity contribution in [1.82, 2.24) is 0 Å². The van der Waals surface area contributed by atoms with E-state index in [2.05, 4.69) is 12.6 Å². The molecule has 0 amide bonds. The first-order chi connectivity index (χ1) is 6.09. The highest BCUT2D eigenvalue weighted by atomic mass is 32.1. The number of thiol groups is 1. The van der Waals surface area contributed by atoms with Crippen molar-refractivity contribution in [2.24, 2.45) is 0 Å². The van der Waals surface area contributed by atoms with Crippen LogP contribution in [0.5, 0.6) is 5.75 Å². The van der Waals surface area contributed by atoms with Crippen LogP contribution >= 0.6 is 12.6 Å². The molecule has 0 aliphatic rings. The van der Waals surface area contributed by atoms with Gasteiger partial charge < -0.3 is 4.74 Å². The van der Waals surface area contributed by atoms with E-state index in [9.17, 15) is 9.18 Å². The Bertz CT molecular complexity index is 295. The molecule has 0 saturated carbocycles. The maximum Gasteiger partial charge on any atom is 0.323 e. The van der Waals surface area contributed by atoms with Crippen molar-refractivity contribution in [2.45, 2.75) is 12.2 Å². The van der Waals surface area contributed by atoms with E-state index in [-0.39, 0.29) is 5.82 Å². The summed E-state index contributed by atoms with van der Waals surface area (Å²) in [6.45, 7) is 1.61. The first-order valence-corrected chi connectivity index (χ1v) is 4.26. The van der Waals surface area contributed by atoms with E-state index in [0.29, 0.717) is 5.75 Å². The minimum Gasteiger partial charge on any atom is -0.426 e. The Balaban J connectivity index is 2.65. The van der Waals surface area contributed by atoms with E-state index < -0.39 is 11.2 Å². The van der Waals surface area contributed by atoms with Crippen LogP contribution in [0.1, 0.15) is 6.92 Å². The molecule has 0 N–H and O–H groups in total. The summed E-state index contributed by atoms with van der Waals surface area (Å²) >= 11 is 3.89. The lowest BCUT2D eigenvalue weighted by atomic mass is 10.3. The number of rotatable bonds is 2. The third-order valence-electron chi connectivity index (χ3n) is 1.37. The predicted molar refractivity (Wildman–Crippen MR) is 50.5 cm³/mol. The van der Waals surface area contributed by atoms with Crippen LogP contribution in [0.15, 0.2) is 24.3 Å². The topological polar surface area (TPSA) is 26.3 Å². The van der Waals surface area contributed by atoms with Crippen molar-refractivity contribution < 1.29 is 13.9 Å². The summed E-state index contributed by atoms with van der Waals surface area (Å²) in [6, 6.07) is 5.24. The fourth-order valence-corrected chi connectivity index (χ4v) is 0.757. The molecule has 1 unspecified atom stereocenters. The average Bonchev–Trinajstić information content (AvgIpc) is 2.08. The number of esters is 1. The van der Waals surface area contributed by atoms with E-state index in [1.165, 1.54) is 24.3 Å². The van der Waals surface area contributed by atoms with Gasteiger partial charge in [0.25, 0.3) is 0 Å². The zero-order valence-corrected chi connectivity index (χ0v) is 7.92. The van der Waals surface area contributed by atoms with E-state index in [1.54, 1.807) is 6.92 Å². The Kier molecular flexibility index (Phi) is 3.31. The lowest BCUT2D eigenvalue weighted by Crippen LogP contribution is -2.17. The maximum atomic E-state index is 12.4. The molecule has 2 nitrogen and oxygen atoms in total. The van der Waals surface area contributed by atoms with Gasteiger partial charge in [0.05, 0.1) is 5.25 Å². The number of hydrogen-bond acceptors (Lipinski definition) is 3. The highest BCUT2D eigenvalue weighted by molar-refractivity contribution is 7.81. The van der Waals surface area contributed by atoms with Crippen LogP contribution < -0.4 is 4.74 Å². The molecule has 0 aliphatic heterocycles. The second-order valence-corrected chi connectivity index (χ2v) is 3.33. The van der Waals surface area contributed by atoms with Crippen molar-refractivity contribution >= 4 is 18.6 Å². The quantitative estimate of drug-likeness (QED) is 0.449. The molecular weight excluding hydrogens is 191 g/mol. The fraction of sp³-hybridized carbons (Fsp3) is 0.222. The lowest BCUT2D eigenvalue weighted by Gasteiger charge is -2.05. The second-order valence-electron chi connectivity index (χ2n) is 2.55. The van der Waals surface area contributed by atoms with Crippen molar-refractivity contribution in [2.75, 3.05) is 0 Å². The standard InChI is InChI=1S/C9H9FO2S/c1-6(13)9(11)12-8-4-2-7(10)3-5-8/h2-6,13H,1H3. The molecule has 1 atom stereocenters. The van der Waals surface area contributed by atoms with Crippen LogP contribution in [0.4, 0.5) is 4.39 Å². The Morgan fingerprint density at radius 1 is 1.46 bits per heavy atom. The Hall–Kier alpha value is -1.03. The molecule has 0 radical (unpaired) electrons. The zero-order chi connectivity index (χ0) is 9.84. The molecule has 4 heteroatoms. The third-order valence-corrected chi connectivity index (χ3v) is 1.58. The van der Waals surface area contributed by atoms with E-state index in [1.807, 2.05) is 0 Å². The second kappa shape index (κ2) is 4.28.